The summed E-state index contributed by atoms with van der Waals surface area (Å²) >= 11 is 0. The Labute approximate surface area is 132 Å². The van der Waals surface area contributed by atoms with Crippen LogP contribution in [0.2, 0.25) is 0 Å². The number of hydrogen-bond donors (Lipinski definition) is 2. The molecular weight excluding hydrogens is 276 g/mol. The van der Waals surface area contributed by atoms with Crippen LogP contribution in [-0.2, 0) is 0 Å². The summed E-state index contributed by atoms with van der Waals surface area (Å²) in [6.07, 6.45) is 1.84. The molecule has 5 heteroatoms. The maximum Gasteiger partial charge on any atom is 0.150 e. The van der Waals surface area contributed by atoms with Crippen LogP contribution < -0.4 is 15.5 Å². The molecule has 0 spiro atoms. The van der Waals surface area contributed by atoms with Crippen LogP contribution in [0.5, 0.6) is 0 Å². The minimum atomic E-state index is 0.320. The van der Waals surface area contributed by atoms with E-state index in [1.54, 1.807) is 0 Å². The van der Waals surface area contributed by atoms with Crippen molar-refractivity contribution in [2.24, 2.45) is 11.8 Å². The summed E-state index contributed by atoms with van der Waals surface area (Å²) in [6.45, 7) is 10.7. The van der Waals surface area contributed by atoms with E-state index < -0.39 is 0 Å². The summed E-state index contributed by atoms with van der Waals surface area (Å²) in [5.74, 6) is 1.78. The van der Waals surface area contributed by atoms with E-state index >= 15 is 0 Å². The molecule has 1 aromatic heterocycles. The summed E-state index contributed by atoms with van der Waals surface area (Å²) < 4.78 is 0. The Morgan fingerprint density at radius 1 is 1.36 bits per heavy atom. The monoisotopic (exact) mass is 302 g/mol. The van der Waals surface area contributed by atoms with Gasteiger partial charge >= 0.3 is 0 Å². The summed E-state index contributed by atoms with van der Waals surface area (Å²) in [5, 5.41) is 14.7. The number of anilines is 1. The van der Waals surface area contributed by atoms with Gasteiger partial charge in [-0.3, -0.25) is 5.01 Å². The Hall–Kier alpha value is -1.43. The molecule has 2 N–H and O–H groups in total. The fourth-order valence-corrected chi connectivity index (χ4v) is 3.62. The van der Waals surface area contributed by atoms with Crippen molar-refractivity contribution in [3.8, 4) is 0 Å². The number of fused-ring (bicyclic) bond motifs is 2. The second-order valence-corrected chi connectivity index (χ2v) is 7.03. The van der Waals surface area contributed by atoms with Crippen molar-refractivity contribution in [3.63, 3.8) is 0 Å². The van der Waals surface area contributed by atoms with Gasteiger partial charge in [0.15, 0.2) is 5.82 Å². The molecule has 2 aliphatic rings. The fraction of sp³-hybridized carbons (Fsp3) is 0.588. The molecule has 3 rings (SSSR count). The second kappa shape index (κ2) is 5.99. The molecule has 2 unspecified atom stereocenters. The van der Waals surface area contributed by atoms with Crippen LogP contribution in [0.3, 0.4) is 0 Å². The van der Waals surface area contributed by atoms with Crippen LogP contribution in [0.25, 0.3) is 5.57 Å². The predicted molar refractivity (Wildman–Crippen MR) is 89.2 cm³/mol. The highest BCUT2D eigenvalue weighted by atomic mass is 16.5. The number of hydrazine groups is 1. The molecule has 5 nitrogen and oxygen atoms in total. The van der Waals surface area contributed by atoms with Crippen molar-refractivity contribution >= 4 is 11.4 Å². The highest BCUT2D eigenvalue weighted by Gasteiger charge is 2.36. The molecule has 2 aliphatic heterocycles. The molecule has 2 atom stereocenters. The van der Waals surface area contributed by atoms with Gasteiger partial charge in [0.05, 0.1) is 13.1 Å². The van der Waals surface area contributed by atoms with Crippen LogP contribution in [0.1, 0.15) is 33.3 Å². The lowest BCUT2D eigenvalue weighted by atomic mass is 9.78. The molecule has 0 aromatic carbocycles. The molecule has 0 saturated carbocycles. The van der Waals surface area contributed by atoms with Crippen LogP contribution in [0.4, 0.5) is 5.82 Å². The van der Waals surface area contributed by atoms with E-state index in [0.29, 0.717) is 36.0 Å². The molecule has 0 amide bonds. The Kier molecular flexibility index (Phi) is 4.21. The lowest BCUT2D eigenvalue weighted by Crippen LogP contribution is -3.09. The Morgan fingerprint density at radius 3 is 2.82 bits per heavy atom. The third-order valence-corrected chi connectivity index (χ3v) is 4.51. The number of hydroxylamine groups is 2. The lowest BCUT2D eigenvalue weighted by Gasteiger charge is -2.43. The smallest absolute Gasteiger partial charge is 0.150 e. The first-order chi connectivity index (χ1) is 10.5. The van der Waals surface area contributed by atoms with Crippen LogP contribution >= 0.6 is 0 Å². The zero-order valence-corrected chi connectivity index (χ0v) is 13.9. The van der Waals surface area contributed by atoms with E-state index in [0.717, 1.165) is 12.4 Å². The third-order valence-electron chi connectivity index (χ3n) is 4.51. The van der Waals surface area contributed by atoms with Gasteiger partial charge in [0, 0.05) is 29.3 Å². The second-order valence-electron chi connectivity index (χ2n) is 7.03. The normalized spacial score (nSPS) is 24.8. The van der Waals surface area contributed by atoms with Gasteiger partial charge in [0.2, 0.25) is 0 Å². The van der Waals surface area contributed by atoms with Gasteiger partial charge in [-0.2, -0.15) is 0 Å². The number of nitrogens with zero attached hydrogens (tertiary/aromatic N) is 2. The molecule has 0 saturated heterocycles. The minimum absolute atomic E-state index is 0.320. The molecular formula is C17H26N4O. The maximum absolute atomic E-state index is 12.2. The van der Waals surface area contributed by atoms with E-state index in [4.69, 9.17) is 0 Å². The Morgan fingerprint density at radius 2 is 2.14 bits per heavy atom. The molecule has 0 bridgehead atoms. The van der Waals surface area contributed by atoms with Crippen LogP contribution in [-0.4, -0.2) is 30.7 Å². The van der Waals surface area contributed by atoms with E-state index in [1.807, 2.05) is 12.3 Å². The number of rotatable bonds is 3. The van der Waals surface area contributed by atoms with Crippen molar-refractivity contribution in [1.29, 1.82) is 0 Å². The van der Waals surface area contributed by atoms with Gasteiger partial charge in [0.25, 0.3) is 0 Å². The van der Waals surface area contributed by atoms with Gasteiger partial charge in [-0.25, -0.2) is 10.4 Å². The zero-order chi connectivity index (χ0) is 15.9. The SMILES string of the molecule is CC(C)NN1CC2=C(c3cccnc31)C(C(C)C)C[NH+]([O-])C2. The molecule has 1 aromatic rings. The number of aromatic nitrogens is 1. The number of hydrogen-bond acceptors (Lipinski definition) is 4. The van der Waals surface area contributed by atoms with E-state index in [1.165, 1.54) is 16.7 Å². The summed E-state index contributed by atoms with van der Waals surface area (Å²) in [7, 11) is 0. The largest absolute Gasteiger partial charge is 0.634 e. The van der Waals surface area contributed by atoms with Gasteiger partial charge < -0.3 is 10.3 Å². The van der Waals surface area contributed by atoms with Crippen LogP contribution in [0.15, 0.2) is 23.9 Å². The van der Waals surface area contributed by atoms with Crippen molar-refractivity contribution in [2.45, 2.75) is 33.7 Å². The maximum atomic E-state index is 12.2. The number of pyridine rings is 1. The summed E-state index contributed by atoms with van der Waals surface area (Å²) in [6, 6.07) is 4.48. The van der Waals surface area contributed by atoms with Crippen molar-refractivity contribution in [1.82, 2.24) is 10.4 Å². The first-order valence-electron chi connectivity index (χ1n) is 8.20. The number of quaternary nitrogens is 1. The zero-order valence-electron chi connectivity index (χ0n) is 13.9. The Bertz CT molecular complexity index is 582. The van der Waals surface area contributed by atoms with Gasteiger partial charge in [-0.15, -0.1) is 0 Å². The highest BCUT2D eigenvalue weighted by Crippen LogP contribution is 2.40. The quantitative estimate of drug-likeness (QED) is 0.825. The topological polar surface area (TPSA) is 55.7 Å². The third kappa shape index (κ3) is 2.76. The fourth-order valence-electron chi connectivity index (χ4n) is 3.62. The highest BCUT2D eigenvalue weighted by molar-refractivity contribution is 5.82. The average Bonchev–Trinajstić information content (AvgIpc) is 2.45. The minimum Gasteiger partial charge on any atom is -0.634 e. The van der Waals surface area contributed by atoms with Gasteiger partial charge in [-0.05, 0) is 37.5 Å². The average molecular weight is 302 g/mol. The molecule has 120 valence electrons. The van der Waals surface area contributed by atoms with Crippen molar-refractivity contribution < 1.29 is 5.06 Å². The van der Waals surface area contributed by atoms with E-state index in [2.05, 4.69) is 49.2 Å². The Balaban J connectivity index is 2.08. The molecule has 0 radical (unpaired) electrons. The van der Waals surface area contributed by atoms with Crippen molar-refractivity contribution in [2.75, 3.05) is 24.6 Å². The predicted octanol–water partition coefficient (Wildman–Crippen LogP) is 1.24. The molecule has 0 aliphatic carbocycles. The van der Waals surface area contributed by atoms with Crippen molar-refractivity contribution in [3.05, 3.63) is 34.7 Å². The molecule has 0 fully saturated rings. The van der Waals surface area contributed by atoms with E-state index in [-0.39, 0.29) is 0 Å². The number of nitrogens with one attached hydrogen (secondary N) is 2. The first-order valence-corrected chi connectivity index (χ1v) is 8.20. The summed E-state index contributed by atoms with van der Waals surface area (Å²) in [5.41, 5.74) is 7.29. The first kappa shape index (κ1) is 15.5. The molecule has 3 heterocycles. The van der Waals surface area contributed by atoms with Gasteiger partial charge in [0.1, 0.15) is 6.54 Å². The summed E-state index contributed by atoms with van der Waals surface area (Å²) in [4.78, 5) is 4.60. The standard InChI is InChI=1S/C17H26N4O/c1-11(2)15-10-20(22)8-13-9-21(19-12(3)4)17-14(16(13)15)6-5-7-18-17/h5-7,11-12,15,19-20H,8-10H2,1-4H3. The molecule has 22 heavy (non-hydrogen) atoms. The van der Waals surface area contributed by atoms with Crippen LogP contribution in [0, 0.1) is 17.0 Å². The lowest BCUT2D eigenvalue weighted by molar-refractivity contribution is -0.848. The van der Waals surface area contributed by atoms with E-state index in [9.17, 15) is 5.21 Å². The van der Waals surface area contributed by atoms with Gasteiger partial charge in [-0.1, -0.05) is 13.8 Å².